The van der Waals surface area contributed by atoms with Crippen LogP contribution in [0.2, 0.25) is 0 Å². The highest BCUT2D eigenvalue weighted by Crippen LogP contribution is 2.13. The van der Waals surface area contributed by atoms with E-state index < -0.39 is 0 Å². The standard InChI is InChI=1S/C20H31N5O/c1-6-21-20(23-13-18-8-7-9-19(11-18)26-5)22-12-15(2)14-25-17(4)10-16(3)24-25/h7-11,15H,6,12-14H2,1-5H3,(H2,21,22,23). The third kappa shape index (κ3) is 6.10. The third-order valence-electron chi connectivity index (χ3n) is 4.10. The van der Waals surface area contributed by atoms with Crippen LogP contribution in [0.5, 0.6) is 5.75 Å². The summed E-state index contributed by atoms with van der Waals surface area (Å²) >= 11 is 0. The zero-order chi connectivity index (χ0) is 18.9. The number of methoxy groups -OCH3 is 1. The van der Waals surface area contributed by atoms with Crippen molar-refractivity contribution in [3.63, 3.8) is 0 Å². The van der Waals surface area contributed by atoms with Gasteiger partial charge >= 0.3 is 0 Å². The highest BCUT2D eigenvalue weighted by molar-refractivity contribution is 5.79. The number of hydrogen-bond acceptors (Lipinski definition) is 3. The van der Waals surface area contributed by atoms with Crippen LogP contribution in [-0.2, 0) is 13.1 Å². The summed E-state index contributed by atoms with van der Waals surface area (Å²) in [5, 5.41) is 11.3. The fourth-order valence-electron chi connectivity index (χ4n) is 2.77. The van der Waals surface area contributed by atoms with Crippen molar-refractivity contribution in [2.75, 3.05) is 20.2 Å². The summed E-state index contributed by atoms with van der Waals surface area (Å²) in [6.07, 6.45) is 0. The van der Waals surface area contributed by atoms with Crippen LogP contribution in [0.4, 0.5) is 0 Å². The molecule has 0 aliphatic rings. The minimum absolute atomic E-state index is 0.439. The quantitative estimate of drug-likeness (QED) is 0.563. The number of hydrogen-bond donors (Lipinski definition) is 2. The molecule has 26 heavy (non-hydrogen) atoms. The van der Waals surface area contributed by atoms with Gasteiger partial charge in [0.25, 0.3) is 0 Å². The van der Waals surface area contributed by atoms with E-state index in [4.69, 9.17) is 4.74 Å². The number of aryl methyl sites for hydroxylation is 2. The van der Waals surface area contributed by atoms with E-state index in [0.29, 0.717) is 12.5 Å². The van der Waals surface area contributed by atoms with Gasteiger partial charge in [0.05, 0.1) is 19.3 Å². The molecule has 6 nitrogen and oxygen atoms in total. The molecular weight excluding hydrogens is 326 g/mol. The Morgan fingerprint density at radius 3 is 2.73 bits per heavy atom. The minimum atomic E-state index is 0.439. The molecule has 2 rings (SSSR count). The van der Waals surface area contributed by atoms with Gasteiger partial charge in [-0.05, 0) is 50.5 Å². The maximum absolute atomic E-state index is 5.27. The molecule has 0 saturated heterocycles. The van der Waals surface area contributed by atoms with E-state index in [2.05, 4.69) is 58.3 Å². The van der Waals surface area contributed by atoms with E-state index >= 15 is 0 Å². The molecule has 0 spiro atoms. The van der Waals surface area contributed by atoms with Crippen LogP contribution >= 0.6 is 0 Å². The molecule has 2 aromatic rings. The van der Waals surface area contributed by atoms with Crippen molar-refractivity contribution in [3.8, 4) is 5.75 Å². The van der Waals surface area contributed by atoms with Crippen molar-refractivity contribution < 1.29 is 4.74 Å². The molecule has 0 aliphatic carbocycles. The van der Waals surface area contributed by atoms with Gasteiger partial charge in [-0.1, -0.05) is 19.1 Å². The van der Waals surface area contributed by atoms with E-state index in [1.807, 2.05) is 25.1 Å². The van der Waals surface area contributed by atoms with Crippen molar-refractivity contribution in [1.82, 2.24) is 20.4 Å². The third-order valence-corrected chi connectivity index (χ3v) is 4.10. The van der Waals surface area contributed by atoms with Crippen LogP contribution < -0.4 is 15.4 Å². The van der Waals surface area contributed by atoms with Crippen LogP contribution in [0.3, 0.4) is 0 Å². The van der Waals surface area contributed by atoms with Gasteiger partial charge < -0.3 is 15.4 Å². The molecule has 0 aliphatic heterocycles. The van der Waals surface area contributed by atoms with Gasteiger partial charge in [0.1, 0.15) is 5.75 Å². The first kappa shape index (κ1) is 19.8. The largest absolute Gasteiger partial charge is 0.497 e. The lowest BCUT2D eigenvalue weighted by Gasteiger charge is -2.16. The number of rotatable bonds is 8. The molecule has 2 N–H and O–H groups in total. The second-order valence-corrected chi connectivity index (χ2v) is 6.64. The molecule has 0 fully saturated rings. The first-order valence-electron chi connectivity index (χ1n) is 9.18. The summed E-state index contributed by atoms with van der Waals surface area (Å²) < 4.78 is 7.34. The molecule has 6 heteroatoms. The van der Waals surface area contributed by atoms with Crippen LogP contribution in [0.25, 0.3) is 0 Å². The number of aliphatic imine (C=N–C) groups is 1. The van der Waals surface area contributed by atoms with E-state index in [1.54, 1.807) is 7.11 Å². The van der Waals surface area contributed by atoms with Gasteiger partial charge in [0.2, 0.25) is 0 Å². The molecule has 1 unspecified atom stereocenters. The Kier molecular flexibility index (Phi) is 7.51. The predicted octanol–water partition coefficient (Wildman–Crippen LogP) is 2.90. The number of guanidine groups is 1. The summed E-state index contributed by atoms with van der Waals surface area (Å²) in [4.78, 5) is 4.68. The lowest BCUT2D eigenvalue weighted by molar-refractivity contribution is 0.414. The molecule has 0 amide bonds. The fraction of sp³-hybridized carbons (Fsp3) is 0.500. The Balaban J connectivity index is 1.90. The van der Waals surface area contributed by atoms with Gasteiger partial charge in [-0.25, -0.2) is 4.99 Å². The summed E-state index contributed by atoms with van der Waals surface area (Å²) in [5.41, 5.74) is 3.39. The zero-order valence-electron chi connectivity index (χ0n) is 16.5. The molecule has 0 radical (unpaired) electrons. The summed E-state index contributed by atoms with van der Waals surface area (Å²) in [7, 11) is 1.68. The average Bonchev–Trinajstić information content (AvgIpc) is 2.94. The highest BCUT2D eigenvalue weighted by Gasteiger charge is 2.08. The summed E-state index contributed by atoms with van der Waals surface area (Å²) in [5.74, 6) is 2.12. The number of aromatic nitrogens is 2. The Morgan fingerprint density at radius 2 is 2.08 bits per heavy atom. The average molecular weight is 358 g/mol. The first-order valence-corrected chi connectivity index (χ1v) is 9.18. The number of benzene rings is 1. The Morgan fingerprint density at radius 1 is 1.27 bits per heavy atom. The number of nitrogens with zero attached hydrogens (tertiary/aromatic N) is 3. The number of ether oxygens (including phenoxy) is 1. The highest BCUT2D eigenvalue weighted by atomic mass is 16.5. The Hall–Kier alpha value is -2.50. The molecule has 142 valence electrons. The van der Waals surface area contributed by atoms with Gasteiger partial charge in [-0.15, -0.1) is 0 Å². The Bertz CT molecular complexity index is 723. The maximum Gasteiger partial charge on any atom is 0.191 e. The summed E-state index contributed by atoms with van der Waals surface area (Å²) in [6.45, 7) is 11.6. The lowest BCUT2D eigenvalue weighted by atomic mass is 10.2. The van der Waals surface area contributed by atoms with E-state index in [1.165, 1.54) is 5.69 Å². The van der Waals surface area contributed by atoms with Gasteiger partial charge in [-0.2, -0.15) is 5.10 Å². The van der Waals surface area contributed by atoms with E-state index in [9.17, 15) is 0 Å². The maximum atomic E-state index is 5.27. The van der Waals surface area contributed by atoms with Crippen LogP contribution in [0.1, 0.15) is 30.8 Å². The summed E-state index contributed by atoms with van der Waals surface area (Å²) in [6, 6.07) is 10.1. The zero-order valence-corrected chi connectivity index (χ0v) is 16.5. The van der Waals surface area contributed by atoms with Crippen molar-refractivity contribution >= 4 is 5.96 Å². The first-order chi connectivity index (χ1) is 12.5. The van der Waals surface area contributed by atoms with Crippen molar-refractivity contribution in [1.29, 1.82) is 0 Å². The lowest BCUT2D eigenvalue weighted by Crippen LogP contribution is -2.40. The fourth-order valence-corrected chi connectivity index (χ4v) is 2.77. The topological polar surface area (TPSA) is 63.5 Å². The van der Waals surface area contributed by atoms with Gasteiger partial charge in [0.15, 0.2) is 5.96 Å². The second-order valence-electron chi connectivity index (χ2n) is 6.64. The predicted molar refractivity (Wildman–Crippen MR) is 107 cm³/mol. The van der Waals surface area contributed by atoms with Crippen LogP contribution in [0.15, 0.2) is 35.3 Å². The second kappa shape index (κ2) is 9.85. The van der Waals surface area contributed by atoms with Gasteiger partial charge in [0, 0.05) is 25.3 Å². The van der Waals surface area contributed by atoms with Crippen LogP contribution in [0, 0.1) is 19.8 Å². The molecular formula is C20H31N5O. The molecule has 1 aromatic carbocycles. The van der Waals surface area contributed by atoms with Crippen molar-refractivity contribution in [3.05, 3.63) is 47.3 Å². The SMILES string of the molecule is CCNC(=NCc1cccc(OC)c1)NCC(C)Cn1nc(C)cc1C. The van der Waals surface area contributed by atoms with E-state index in [-0.39, 0.29) is 0 Å². The van der Waals surface area contributed by atoms with Crippen molar-refractivity contribution in [2.24, 2.45) is 10.9 Å². The normalized spacial score (nSPS) is 12.7. The molecule has 1 heterocycles. The molecule has 0 bridgehead atoms. The Labute approximate surface area is 156 Å². The van der Waals surface area contributed by atoms with E-state index in [0.717, 1.165) is 42.6 Å². The van der Waals surface area contributed by atoms with Crippen LogP contribution in [-0.4, -0.2) is 35.9 Å². The molecule has 1 atom stereocenters. The smallest absolute Gasteiger partial charge is 0.191 e. The molecule has 1 aromatic heterocycles. The number of nitrogens with one attached hydrogen (secondary N) is 2. The van der Waals surface area contributed by atoms with Gasteiger partial charge in [-0.3, -0.25) is 4.68 Å². The minimum Gasteiger partial charge on any atom is -0.497 e. The van der Waals surface area contributed by atoms with Crippen molar-refractivity contribution in [2.45, 2.75) is 40.8 Å². The monoisotopic (exact) mass is 357 g/mol. The molecule has 0 saturated carbocycles.